The van der Waals surface area contributed by atoms with Crippen LogP contribution in [0.3, 0.4) is 0 Å². The summed E-state index contributed by atoms with van der Waals surface area (Å²) in [6.07, 6.45) is 0. The molecule has 1 aromatic heterocycles. The van der Waals surface area contributed by atoms with E-state index in [1.165, 1.54) is 16.2 Å². The van der Waals surface area contributed by atoms with Crippen LogP contribution in [0.5, 0.6) is 0 Å². The van der Waals surface area contributed by atoms with Crippen LogP contribution in [0, 0.1) is 6.92 Å². The van der Waals surface area contributed by atoms with E-state index in [0.717, 1.165) is 18.0 Å². The topological polar surface area (TPSA) is 22.0 Å². The first-order valence-electron chi connectivity index (χ1n) is 5.10. The van der Waals surface area contributed by atoms with Crippen LogP contribution in [0.2, 0.25) is 0 Å². The number of aryl methyl sites for hydroxylation is 1. The summed E-state index contributed by atoms with van der Waals surface area (Å²) in [4.78, 5) is 12.9. The summed E-state index contributed by atoms with van der Waals surface area (Å²) in [5, 5.41) is 1.91. The quantitative estimate of drug-likeness (QED) is 0.779. The molecule has 0 radical (unpaired) electrons. The van der Waals surface area contributed by atoms with Crippen molar-refractivity contribution in [3.8, 4) is 0 Å². The van der Waals surface area contributed by atoms with Gasteiger partial charge in [-0.1, -0.05) is 29.5 Å². The number of hydrogen-bond donors (Lipinski definition) is 0. The van der Waals surface area contributed by atoms with E-state index in [2.05, 4.69) is 12.1 Å². The molecule has 1 aromatic carbocycles. The SMILES string of the molecule is Cc1csc(=O)n1CCSc1ccccc1. The highest BCUT2D eigenvalue weighted by Gasteiger charge is 2.01. The Morgan fingerprint density at radius 1 is 1.31 bits per heavy atom. The molecule has 0 spiro atoms. The minimum Gasteiger partial charge on any atom is -0.303 e. The summed E-state index contributed by atoms with van der Waals surface area (Å²) >= 11 is 3.06. The highest BCUT2D eigenvalue weighted by atomic mass is 32.2. The molecule has 1 heterocycles. The number of benzene rings is 1. The normalized spacial score (nSPS) is 10.6. The largest absolute Gasteiger partial charge is 0.307 e. The molecule has 0 bridgehead atoms. The fraction of sp³-hybridized carbons (Fsp3) is 0.250. The predicted molar refractivity (Wildman–Crippen MR) is 70.5 cm³/mol. The van der Waals surface area contributed by atoms with Crippen molar-refractivity contribution in [2.24, 2.45) is 0 Å². The van der Waals surface area contributed by atoms with Crippen molar-refractivity contribution in [1.29, 1.82) is 0 Å². The van der Waals surface area contributed by atoms with Crippen LogP contribution in [-0.4, -0.2) is 10.3 Å². The highest BCUT2D eigenvalue weighted by Crippen LogP contribution is 2.17. The highest BCUT2D eigenvalue weighted by molar-refractivity contribution is 7.99. The third kappa shape index (κ3) is 2.77. The van der Waals surface area contributed by atoms with E-state index in [9.17, 15) is 4.79 Å². The van der Waals surface area contributed by atoms with Crippen molar-refractivity contribution in [2.75, 3.05) is 5.75 Å². The van der Waals surface area contributed by atoms with E-state index < -0.39 is 0 Å². The Labute approximate surface area is 103 Å². The number of thiazole rings is 1. The molecule has 2 nitrogen and oxygen atoms in total. The van der Waals surface area contributed by atoms with Gasteiger partial charge in [0, 0.05) is 28.3 Å². The lowest BCUT2D eigenvalue weighted by atomic mass is 10.4. The molecule has 0 aliphatic carbocycles. The van der Waals surface area contributed by atoms with Crippen LogP contribution in [0.1, 0.15) is 5.69 Å². The third-order valence-electron chi connectivity index (χ3n) is 2.30. The molecule has 0 saturated carbocycles. The smallest absolute Gasteiger partial charge is 0.303 e. The predicted octanol–water partition coefficient (Wildman–Crippen LogP) is 3.01. The molecular weight excluding hydrogens is 238 g/mol. The van der Waals surface area contributed by atoms with E-state index in [-0.39, 0.29) is 4.87 Å². The molecule has 0 atom stereocenters. The number of aromatic nitrogens is 1. The van der Waals surface area contributed by atoms with Gasteiger partial charge in [-0.25, -0.2) is 0 Å². The van der Waals surface area contributed by atoms with Crippen molar-refractivity contribution in [1.82, 2.24) is 4.57 Å². The van der Waals surface area contributed by atoms with Crippen LogP contribution < -0.4 is 4.87 Å². The molecule has 4 heteroatoms. The van der Waals surface area contributed by atoms with Gasteiger partial charge < -0.3 is 4.57 Å². The number of hydrogen-bond acceptors (Lipinski definition) is 3. The Bertz CT molecular complexity index is 501. The molecule has 0 fully saturated rings. The molecule has 0 N–H and O–H groups in total. The Kier molecular flexibility index (Phi) is 3.85. The monoisotopic (exact) mass is 251 g/mol. The number of thioether (sulfide) groups is 1. The van der Waals surface area contributed by atoms with Gasteiger partial charge in [0.1, 0.15) is 0 Å². The minimum absolute atomic E-state index is 0.145. The zero-order valence-corrected chi connectivity index (χ0v) is 10.7. The van der Waals surface area contributed by atoms with E-state index in [1.807, 2.05) is 35.1 Å². The number of rotatable bonds is 4. The average Bonchev–Trinajstić information content (AvgIpc) is 2.62. The van der Waals surface area contributed by atoms with Crippen LogP contribution in [0.25, 0.3) is 0 Å². The van der Waals surface area contributed by atoms with Gasteiger partial charge in [-0.15, -0.1) is 11.8 Å². The lowest BCUT2D eigenvalue weighted by Crippen LogP contribution is -2.15. The van der Waals surface area contributed by atoms with Crippen LogP contribution in [-0.2, 0) is 6.54 Å². The lowest BCUT2D eigenvalue weighted by Gasteiger charge is -2.04. The van der Waals surface area contributed by atoms with E-state index in [0.29, 0.717) is 0 Å². The first-order chi connectivity index (χ1) is 7.77. The lowest BCUT2D eigenvalue weighted by molar-refractivity contribution is 0.731. The molecule has 0 aliphatic heterocycles. The maximum atomic E-state index is 11.5. The Morgan fingerprint density at radius 2 is 2.06 bits per heavy atom. The Morgan fingerprint density at radius 3 is 2.69 bits per heavy atom. The summed E-state index contributed by atoms with van der Waals surface area (Å²) in [6, 6.07) is 10.3. The zero-order valence-electron chi connectivity index (χ0n) is 9.05. The second-order valence-corrected chi connectivity index (χ2v) is 5.45. The standard InChI is InChI=1S/C12H13NOS2/c1-10-9-16-12(14)13(10)7-8-15-11-5-3-2-4-6-11/h2-6,9H,7-8H2,1H3. The molecule has 0 amide bonds. The molecule has 16 heavy (non-hydrogen) atoms. The summed E-state index contributed by atoms with van der Waals surface area (Å²) < 4.78 is 1.83. The van der Waals surface area contributed by atoms with Gasteiger partial charge in [-0.2, -0.15) is 0 Å². The van der Waals surface area contributed by atoms with Gasteiger partial charge in [0.2, 0.25) is 0 Å². The summed E-state index contributed by atoms with van der Waals surface area (Å²) in [7, 11) is 0. The fourth-order valence-electron chi connectivity index (χ4n) is 1.45. The van der Waals surface area contributed by atoms with E-state index >= 15 is 0 Å². The molecular formula is C12H13NOS2. The first kappa shape index (κ1) is 11.5. The summed E-state index contributed by atoms with van der Waals surface area (Å²) in [6.45, 7) is 2.76. The maximum absolute atomic E-state index is 11.5. The van der Waals surface area contributed by atoms with Crippen molar-refractivity contribution in [3.05, 3.63) is 51.1 Å². The van der Waals surface area contributed by atoms with Gasteiger partial charge in [-0.3, -0.25) is 4.79 Å². The second kappa shape index (κ2) is 5.37. The second-order valence-electron chi connectivity index (χ2n) is 3.46. The van der Waals surface area contributed by atoms with Crippen LogP contribution in [0.15, 0.2) is 45.4 Å². The summed E-state index contributed by atoms with van der Waals surface area (Å²) in [5.74, 6) is 0.932. The number of nitrogens with zero attached hydrogens (tertiary/aromatic N) is 1. The zero-order chi connectivity index (χ0) is 11.4. The van der Waals surface area contributed by atoms with Crippen molar-refractivity contribution in [3.63, 3.8) is 0 Å². The van der Waals surface area contributed by atoms with E-state index in [4.69, 9.17) is 0 Å². The van der Waals surface area contributed by atoms with Crippen molar-refractivity contribution >= 4 is 23.1 Å². The Hall–Kier alpha value is -1.00. The van der Waals surface area contributed by atoms with Crippen molar-refractivity contribution < 1.29 is 0 Å². The van der Waals surface area contributed by atoms with Gasteiger partial charge in [-0.05, 0) is 19.1 Å². The van der Waals surface area contributed by atoms with E-state index in [1.54, 1.807) is 11.8 Å². The van der Waals surface area contributed by atoms with Gasteiger partial charge in [0.05, 0.1) is 0 Å². The molecule has 2 aromatic rings. The van der Waals surface area contributed by atoms with Crippen LogP contribution in [0.4, 0.5) is 0 Å². The first-order valence-corrected chi connectivity index (χ1v) is 6.96. The van der Waals surface area contributed by atoms with Gasteiger partial charge in [0.15, 0.2) is 0 Å². The van der Waals surface area contributed by atoms with Crippen molar-refractivity contribution in [2.45, 2.75) is 18.4 Å². The van der Waals surface area contributed by atoms with Gasteiger partial charge >= 0.3 is 4.87 Å². The van der Waals surface area contributed by atoms with Crippen LogP contribution >= 0.6 is 23.1 Å². The molecule has 0 saturated heterocycles. The minimum atomic E-state index is 0.145. The maximum Gasteiger partial charge on any atom is 0.307 e. The molecule has 0 unspecified atom stereocenters. The summed E-state index contributed by atoms with van der Waals surface area (Å²) in [5.41, 5.74) is 1.06. The fourth-order valence-corrected chi connectivity index (χ4v) is 3.07. The molecule has 84 valence electrons. The molecule has 2 rings (SSSR count). The van der Waals surface area contributed by atoms with Gasteiger partial charge in [0.25, 0.3) is 0 Å². The Balaban J connectivity index is 1.92. The molecule has 0 aliphatic rings. The third-order valence-corrected chi connectivity index (χ3v) is 4.18. The average molecular weight is 251 g/mol.